The molecule has 0 heterocycles. The van der Waals surface area contributed by atoms with E-state index in [0.717, 1.165) is 12.8 Å². The molecule has 1 N–H and O–H groups in total. The van der Waals surface area contributed by atoms with Crippen molar-refractivity contribution < 1.29 is 5.11 Å². The highest BCUT2D eigenvalue weighted by Crippen LogP contribution is 2.17. The number of aliphatic hydroxyl groups excluding tert-OH is 1. The number of hydrogen-bond donors (Lipinski definition) is 1. The van der Waals surface area contributed by atoms with Crippen LogP contribution in [0.4, 0.5) is 0 Å². The topological polar surface area (TPSA) is 20.2 Å². The summed E-state index contributed by atoms with van der Waals surface area (Å²) in [5.41, 5.74) is 1.28. The number of hydrogen-bond acceptors (Lipinski definition) is 1. The SMILES string of the molecule is CC1C=C(CCO)C=CC1. The second-order valence-electron chi connectivity index (χ2n) is 2.83. The van der Waals surface area contributed by atoms with E-state index in [4.69, 9.17) is 5.11 Å². The van der Waals surface area contributed by atoms with Gasteiger partial charge in [-0.15, -0.1) is 0 Å². The second kappa shape index (κ2) is 3.57. The molecule has 0 fully saturated rings. The zero-order chi connectivity index (χ0) is 7.40. The van der Waals surface area contributed by atoms with Crippen LogP contribution in [0.15, 0.2) is 23.8 Å². The molecule has 0 amide bonds. The van der Waals surface area contributed by atoms with Crippen molar-refractivity contribution in [2.75, 3.05) is 6.61 Å². The highest BCUT2D eigenvalue weighted by atomic mass is 16.2. The van der Waals surface area contributed by atoms with E-state index in [1.54, 1.807) is 0 Å². The molecule has 1 rings (SSSR count). The zero-order valence-corrected chi connectivity index (χ0v) is 6.38. The minimum atomic E-state index is 0.267. The van der Waals surface area contributed by atoms with Gasteiger partial charge in [-0.1, -0.05) is 25.2 Å². The van der Waals surface area contributed by atoms with Gasteiger partial charge in [-0.05, 0) is 24.3 Å². The van der Waals surface area contributed by atoms with Crippen molar-refractivity contribution in [1.29, 1.82) is 0 Å². The van der Waals surface area contributed by atoms with Crippen LogP contribution in [-0.2, 0) is 0 Å². The third-order valence-corrected chi connectivity index (χ3v) is 1.74. The molecule has 1 nitrogen and oxygen atoms in total. The molecular weight excluding hydrogens is 124 g/mol. The fourth-order valence-corrected chi connectivity index (χ4v) is 1.22. The van der Waals surface area contributed by atoms with Crippen LogP contribution in [0.25, 0.3) is 0 Å². The molecule has 1 heteroatoms. The van der Waals surface area contributed by atoms with Crippen LogP contribution in [0, 0.1) is 5.92 Å². The first kappa shape index (κ1) is 7.55. The Morgan fingerprint density at radius 2 is 2.50 bits per heavy atom. The molecule has 10 heavy (non-hydrogen) atoms. The molecule has 0 saturated heterocycles. The van der Waals surface area contributed by atoms with Gasteiger partial charge in [-0.2, -0.15) is 0 Å². The second-order valence-corrected chi connectivity index (χ2v) is 2.83. The van der Waals surface area contributed by atoms with E-state index in [-0.39, 0.29) is 6.61 Å². The van der Waals surface area contributed by atoms with Gasteiger partial charge in [0, 0.05) is 6.61 Å². The lowest BCUT2D eigenvalue weighted by atomic mass is 9.97. The highest BCUT2D eigenvalue weighted by molar-refractivity contribution is 5.23. The Balaban J connectivity index is 2.49. The van der Waals surface area contributed by atoms with Crippen LogP contribution in [0.2, 0.25) is 0 Å². The minimum absolute atomic E-state index is 0.267. The Hall–Kier alpha value is -0.560. The van der Waals surface area contributed by atoms with E-state index in [1.807, 2.05) is 0 Å². The van der Waals surface area contributed by atoms with Crippen LogP contribution >= 0.6 is 0 Å². The van der Waals surface area contributed by atoms with Crippen molar-refractivity contribution in [3.05, 3.63) is 23.8 Å². The first-order valence-electron chi connectivity index (χ1n) is 3.81. The summed E-state index contributed by atoms with van der Waals surface area (Å²) in [7, 11) is 0. The molecule has 56 valence electrons. The largest absolute Gasteiger partial charge is 0.396 e. The standard InChI is InChI=1S/C9H14O/c1-8-3-2-4-9(7-8)5-6-10/h2,4,7-8,10H,3,5-6H2,1H3. The van der Waals surface area contributed by atoms with E-state index in [2.05, 4.69) is 25.2 Å². The van der Waals surface area contributed by atoms with Crippen molar-refractivity contribution in [2.24, 2.45) is 5.92 Å². The summed E-state index contributed by atoms with van der Waals surface area (Å²) in [6.45, 7) is 2.46. The maximum atomic E-state index is 8.63. The summed E-state index contributed by atoms with van der Waals surface area (Å²) < 4.78 is 0. The summed E-state index contributed by atoms with van der Waals surface area (Å²) in [5.74, 6) is 0.659. The molecule has 1 atom stereocenters. The van der Waals surface area contributed by atoms with Gasteiger partial charge < -0.3 is 5.11 Å². The molecule has 0 spiro atoms. The van der Waals surface area contributed by atoms with Crippen molar-refractivity contribution in [2.45, 2.75) is 19.8 Å². The minimum Gasteiger partial charge on any atom is -0.396 e. The molecule has 1 aliphatic carbocycles. The van der Waals surface area contributed by atoms with Gasteiger partial charge in [0.25, 0.3) is 0 Å². The predicted octanol–water partition coefficient (Wildman–Crippen LogP) is 1.89. The molecule has 0 radical (unpaired) electrons. The maximum absolute atomic E-state index is 8.63. The van der Waals surface area contributed by atoms with Gasteiger partial charge in [0.1, 0.15) is 0 Å². The Morgan fingerprint density at radius 3 is 3.10 bits per heavy atom. The Labute approximate surface area is 62.1 Å². The van der Waals surface area contributed by atoms with Crippen molar-refractivity contribution in [1.82, 2.24) is 0 Å². The Bertz CT molecular complexity index is 156. The lowest BCUT2D eigenvalue weighted by Gasteiger charge is -2.10. The third kappa shape index (κ3) is 1.99. The molecule has 0 aromatic heterocycles. The summed E-state index contributed by atoms with van der Waals surface area (Å²) in [5, 5.41) is 8.63. The summed E-state index contributed by atoms with van der Waals surface area (Å²) >= 11 is 0. The van der Waals surface area contributed by atoms with Crippen LogP contribution in [0.1, 0.15) is 19.8 Å². The van der Waals surface area contributed by atoms with E-state index in [1.165, 1.54) is 5.57 Å². The average molecular weight is 138 g/mol. The van der Waals surface area contributed by atoms with Gasteiger partial charge in [-0.3, -0.25) is 0 Å². The van der Waals surface area contributed by atoms with Crippen molar-refractivity contribution in [3.8, 4) is 0 Å². The average Bonchev–Trinajstić information content (AvgIpc) is 1.88. The first-order chi connectivity index (χ1) is 4.83. The molecule has 0 aromatic rings. The van der Waals surface area contributed by atoms with E-state index in [0.29, 0.717) is 5.92 Å². The van der Waals surface area contributed by atoms with Gasteiger partial charge in [-0.25, -0.2) is 0 Å². The fraction of sp³-hybridized carbons (Fsp3) is 0.556. The molecule has 0 bridgehead atoms. The van der Waals surface area contributed by atoms with E-state index in [9.17, 15) is 0 Å². The molecule has 1 aliphatic rings. The summed E-state index contributed by atoms with van der Waals surface area (Å²) in [6, 6.07) is 0. The zero-order valence-electron chi connectivity index (χ0n) is 6.38. The van der Waals surface area contributed by atoms with Crippen LogP contribution in [-0.4, -0.2) is 11.7 Å². The number of rotatable bonds is 2. The number of allylic oxidation sites excluding steroid dienone is 3. The molecular formula is C9H14O. The Kier molecular flexibility index (Phi) is 2.69. The smallest absolute Gasteiger partial charge is 0.0471 e. The molecule has 0 saturated carbocycles. The molecule has 1 unspecified atom stereocenters. The number of aliphatic hydroxyl groups is 1. The molecule has 0 aliphatic heterocycles. The summed E-state index contributed by atoms with van der Waals surface area (Å²) in [6.07, 6.45) is 8.47. The highest BCUT2D eigenvalue weighted by Gasteiger charge is 2.02. The maximum Gasteiger partial charge on any atom is 0.0471 e. The van der Waals surface area contributed by atoms with Crippen LogP contribution in [0.3, 0.4) is 0 Å². The third-order valence-electron chi connectivity index (χ3n) is 1.74. The monoisotopic (exact) mass is 138 g/mol. The van der Waals surface area contributed by atoms with Crippen molar-refractivity contribution in [3.63, 3.8) is 0 Å². The van der Waals surface area contributed by atoms with Gasteiger partial charge in [0.15, 0.2) is 0 Å². The van der Waals surface area contributed by atoms with Gasteiger partial charge in [0.2, 0.25) is 0 Å². The Morgan fingerprint density at radius 1 is 1.70 bits per heavy atom. The lowest BCUT2D eigenvalue weighted by molar-refractivity contribution is 0.300. The van der Waals surface area contributed by atoms with Gasteiger partial charge in [0.05, 0.1) is 0 Å². The van der Waals surface area contributed by atoms with Gasteiger partial charge >= 0.3 is 0 Å². The van der Waals surface area contributed by atoms with Crippen LogP contribution in [0.5, 0.6) is 0 Å². The first-order valence-corrected chi connectivity index (χ1v) is 3.81. The lowest BCUT2D eigenvalue weighted by Crippen LogP contribution is -1.96. The molecule has 0 aromatic carbocycles. The predicted molar refractivity (Wildman–Crippen MR) is 42.7 cm³/mol. The normalized spacial score (nSPS) is 24.6. The quantitative estimate of drug-likeness (QED) is 0.617. The van der Waals surface area contributed by atoms with Crippen LogP contribution < -0.4 is 0 Å². The summed E-state index contributed by atoms with van der Waals surface area (Å²) in [4.78, 5) is 0. The fourth-order valence-electron chi connectivity index (χ4n) is 1.22. The van der Waals surface area contributed by atoms with Crippen molar-refractivity contribution >= 4 is 0 Å². The van der Waals surface area contributed by atoms with E-state index >= 15 is 0 Å². The van der Waals surface area contributed by atoms with E-state index < -0.39 is 0 Å².